The molecule has 0 bridgehead atoms. The maximum Gasteiger partial charge on any atom is 0.424 e. The molecular formula is C30H26F5N5O5. The van der Waals surface area contributed by atoms with Crippen LogP contribution >= 0.6 is 0 Å². The Balaban J connectivity index is 1.41. The SMILES string of the molecule is COc1cc(C(=O)NC[C@](O)(c2cc3c(c(-c4ccc(F)cc4)n2)OC[C@@]3(CF)C(N)=O)C(F)(F)F)cn2cc(C3CC3)nc12. The molecule has 1 aliphatic carbocycles. The number of hydrogen-bond donors (Lipinski definition) is 3. The smallest absolute Gasteiger partial charge is 0.424 e. The fraction of sp³-hybridized carbons (Fsp3) is 0.333. The number of carbonyl (C=O) groups is 2. The number of alkyl halides is 4. The highest BCUT2D eigenvalue weighted by atomic mass is 19.4. The monoisotopic (exact) mass is 631 g/mol. The van der Waals surface area contributed by atoms with E-state index in [-0.39, 0.29) is 39.8 Å². The first kappa shape index (κ1) is 30.2. The van der Waals surface area contributed by atoms with E-state index in [1.807, 2.05) is 0 Å². The molecule has 4 N–H and O–H groups in total. The first-order valence-corrected chi connectivity index (χ1v) is 13.8. The van der Waals surface area contributed by atoms with Gasteiger partial charge in [0.25, 0.3) is 5.91 Å². The van der Waals surface area contributed by atoms with Crippen LogP contribution in [0.2, 0.25) is 0 Å². The van der Waals surface area contributed by atoms with E-state index in [9.17, 15) is 36.6 Å². The molecule has 0 spiro atoms. The zero-order valence-electron chi connectivity index (χ0n) is 23.6. The number of imidazole rings is 1. The summed E-state index contributed by atoms with van der Waals surface area (Å²) in [5.41, 5.74) is -1.16. The first-order chi connectivity index (χ1) is 21.3. The highest BCUT2D eigenvalue weighted by Crippen LogP contribution is 2.48. The van der Waals surface area contributed by atoms with E-state index >= 15 is 0 Å². The number of fused-ring (bicyclic) bond motifs is 2. The van der Waals surface area contributed by atoms with Crippen molar-refractivity contribution >= 4 is 17.5 Å². The van der Waals surface area contributed by atoms with Gasteiger partial charge in [0.15, 0.2) is 11.4 Å². The van der Waals surface area contributed by atoms with Gasteiger partial charge in [-0.3, -0.25) is 9.59 Å². The minimum atomic E-state index is -5.45. The van der Waals surface area contributed by atoms with Crippen LogP contribution in [0.15, 0.2) is 48.8 Å². The number of pyridine rings is 2. The molecule has 236 valence electrons. The summed E-state index contributed by atoms with van der Waals surface area (Å²) in [6.45, 7) is -3.50. The van der Waals surface area contributed by atoms with Crippen molar-refractivity contribution in [3.05, 3.63) is 77.1 Å². The fourth-order valence-corrected chi connectivity index (χ4v) is 5.29. The van der Waals surface area contributed by atoms with Crippen LogP contribution in [-0.2, 0) is 15.8 Å². The van der Waals surface area contributed by atoms with Gasteiger partial charge in [0.1, 0.15) is 36.0 Å². The fourth-order valence-electron chi connectivity index (χ4n) is 5.29. The van der Waals surface area contributed by atoms with Crippen LogP contribution < -0.4 is 20.5 Å². The van der Waals surface area contributed by atoms with E-state index in [2.05, 4.69) is 15.3 Å². The van der Waals surface area contributed by atoms with Crippen LogP contribution in [0.4, 0.5) is 22.0 Å². The van der Waals surface area contributed by atoms with Gasteiger partial charge in [-0.2, -0.15) is 13.2 Å². The summed E-state index contributed by atoms with van der Waals surface area (Å²) in [5, 5.41) is 13.3. The summed E-state index contributed by atoms with van der Waals surface area (Å²) in [6, 6.07) is 6.40. The van der Waals surface area contributed by atoms with E-state index in [1.54, 1.807) is 6.20 Å². The molecule has 6 rings (SSSR count). The Morgan fingerprint density at radius 2 is 1.89 bits per heavy atom. The molecule has 1 fully saturated rings. The Kier molecular flexibility index (Phi) is 7.18. The molecule has 10 nitrogen and oxygen atoms in total. The maximum absolute atomic E-state index is 14.7. The minimum Gasteiger partial charge on any atom is -0.493 e. The molecule has 1 saturated carbocycles. The van der Waals surface area contributed by atoms with Crippen molar-refractivity contribution in [1.29, 1.82) is 0 Å². The van der Waals surface area contributed by atoms with Gasteiger partial charge in [-0.05, 0) is 49.2 Å². The van der Waals surface area contributed by atoms with Crippen molar-refractivity contribution in [3.63, 3.8) is 0 Å². The van der Waals surface area contributed by atoms with E-state index < -0.39 is 60.3 Å². The standard InChI is InChI=1S/C30H26F5N5O5/c1-44-21-8-17(10-40-11-20(15-2-3-15)38-25(21)40)26(41)37-13-29(43,30(33,34)35)22-9-19-24(45-14-28(19,12-31)27(36)42)23(39-22)16-4-6-18(32)7-5-16/h4-11,15,43H,2-3,12-14H2,1H3,(H2,36,42)(H,37,41)/t28-,29+/m1/s1. The second-order valence-corrected chi connectivity index (χ2v) is 11.1. The number of hydrogen-bond acceptors (Lipinski definition) is 7. The molecule has 3 aromatic heterocycles. The summed E-state index contributed by atoms with van der Waals surface area (Å²) in [5.74, 6) is -2.63. The molecular weight excluding hydrogens is 605 g/mol. The number of amides is 2. The topological polar surface area (TPSA) is 141 Å². The van der Waals surface area contributed by atoms with Gasteiger partial charge in [-0.25, -0.2) is 18.7 Å². The number of nitrogens with one attached hydrogen (secondary N) is 1. The zero-order chi connectivity index (χ0) is 32.3. The number of aliphatic hydroxyl groups is 1. The first-order valence-electron chi connectivity index (χ1n) is 13.8. The van der Waals surface area contributed by atoms with Crippen LogP contribution in [0.5, 0.6) is 11.5 Å². The quantitative estimate of drug-likeness (QED) is 0.240. The number of aromatic nitrogens is 3. The average Bonchev–Trinajstić information content (AvgIpc) is 3.65. The summed E-state index contributed by atoms with van der Waals surface area (Å²) in [7, 11) is 1.36. The lowest BCUT2D eigenvalue weighted by atomic mass is 9.81. The molecule has 0 unspecified atom stereocenters. The molecule has 0 saturated heterocycles. The molecule has 2 atom stereocenters. The van der Waals surface area contributed by atoms with Crippen molar-refractivity contribution < 1.29 is 46.1 Å². The van der Waals surface area contributed by atoms with Gasteiger partial charge < -0.3 is 30.0 Å². The highest BCUT2D eigenvalue weighted by molar-refractivity contribution is 5.95. The second-order valence-electron chi connectivity index (χ2n) is 11.1. The molecule has 1 aliphatic heterocycles. The molecule has 2 amide bonds. The number of ether oxygens (including phenoxy) is 2. The second kappa shape index (κ2) is 10.7. The van der Waals surface area contributed by atoms with Gasteiger partial charge in [-0.15, -0.1) is 0 Å². The van der Waals surface area contributed by atoms with E-state index in [4.69, 9.17) is 15.2 Å². The van der Waals surface area contributed by atoms with E-state index in [0.29, 0.717) is 11.7 Å². The van der Waals surface area contributed by atoms with Gasteiger partial charge in [-0.1, -0.05) is 0 Å². The Hall–Kier alpha value is -4.79. The lowest BCUT2D eigenvalue weighted by Gasteiger charge is -2.31. The lowest BCUT2D eigenvalue weighted by molar-refractivity contribution is -0.265. The lowest BCUT2D eigenvalue weighted by Crippen LogP contribution is -2.52. The summed E-state index contributed by atoms with van der Waals surface area (Å²) in [6.07, 6.45) is -0.432. The van der Waals surface area contributed by atoms with Crippen LogP contribution in [0.1, 0.15) is 46.1 Å². The predicted octanol–water partition coefficient (Wildman–Crippen LogP) is 3.69. The largest absolute Gasteiger partial charge is 0.493 e. The number of carbonyl (C=O) groups excluding carboxylic acids is 2. The average molecular weight is 632 g/mol. The number of benzene rings is 1. The van der Waals surface area contributed by atoms with Gasteiger partial charge in [0.05, 0.1) is 30.6 Å². The number of methoxy groups -OCH3 is 1. The number of primary amides is 1. The normalized spacial score (nSPS) is 19.1. The van der Waals surface area contributed by atoms with E-state index in [0.717, 1.165) is 30.7 Å². The molecule has 4 aromatic rings. The zero-order valence-corrected chi connectivity index (χ0v) is 23.6. The number of rotatable bonds is 9. The van der Waals surface area contributed by atoms with Crippen LogP contribution in [0.3, 0.4) is 0 Å². The Morgan fingerprint density at radius 3 is 2.49 bits per heavy atom. The van der Waals surface area contributed by atoms with Crippen LogP contribution in [-0.4, -0.2) is 64.4 Å². The van der Waals surface area contributed by atoms with E-state index in [1.165, 1.54) is 35.9 Å². The molecule has 1 aromatic carbocycles. The molecule has 45 heavy (non-hydrogen) atoms. The maximum atomic E-state index is 14.7. The molecule has 0 radical (unpaired) electrons. The van der Waals surface area contributed by atoms with Crippen molar-refractivity contribution in [2.45, 2.75) is 36.0 Å². The van der Waals surface area contributed by atoms with Gasteiger partial charge in [0.2, 0.25) is 11.5 Å². The number of halogens is 5. The van der Waals surface area contributed by atoms with Crippen molar-refractivity contribution in [2.24, 2.45) is 5.73 Å². The summed E-state index contributed by atoms with van der Waals surface area (Å²) < 4.78 is 84.6. The third-order valence-electron chi connectivity index (χ3n) is 8.18. The predicted molar refractivity (Wildman–Crippen MR) is 148 cm³/mol. The summed E-state index contributed by atoms with van der Waals surface area (Å²) >= 11 is 0. The Morgan fingerprint density at radius 1 is 1.18 bits per heavy atom. The third-order valence-corrected chi connectivity index (χ3v) is 8.18. The van der Waals surface area contributed by atoms with Crippen molar-refractivity contribution in [3.8, 4) is 22.8 Å². The van der Waals surface area contributed by atoms with Crippen molar-refractivity contribution in [2.75, 3.05) is 26.9 Å². The molecule has 4 heterocycles. The number of nitrogens with two attached hydrogens (primary N) is 1. The Labute approximate surface area is 252 Å². The minimum absolute atomic E-state index is 0.0495. The highest BCUT2D eigenvalue weighted by Gasteiger charge is 2.58. The van der Waals surface area contributed by atoms with Crippen molar-refractivity contribution in [1.82, 2.24) is 19.7 Å². The van der Waals surface area contributed by atoms with Crippen LogP contribution in [0.25, 0.3) is 16.9 Å². The third kappa shape index (κ3) is 5.00. The molecule has 15 heteroatoms. The number of nitrogens with zero attached hydrogens (tertiary/aromatic N) is 3. The van der Waals surface area contributed by atoms with Crippen LogP contribution in [0, 0.1) is 5.82 Å². The summed E-state index contributed by atoms with van der Waals surface area (Å²) in [4.78, 5) is 34.1. The van der Waals surface area contributed by atoms with Gasteiger partial charge in [0, 0.05) is 29.4 Å². The molecule has 2 aliphatic rings. The van der Waals surface area contributed by atoms with Gasteiger partial charge >= 0.3 is 6.18 Å². The Bertz CT molecular complexity index is 1820.